The Bertz CT molecular complexity index is 503. The number of carbonyl (C=O) groups is 1. The first kappa shape index (κ1) is 17.2. The molecule has 3 saturated carbocycles. The minimum atomic E-state index is -0.521. The SMILES string of the molecule is CC(C)(C)OC(=O)CC(N)B1OC2CC3CC(C3(C)C)[C@]2(C)O1. The van der Waals surface area contributed by atoms with E-state index >= 15 is 0 Å². The Labute approximate surface area is 139 Å². The molecular formula is C17H30BNO4. The molecule has 6 heteroatoms. The molecule has 1 saturated heterocycles. The van der Waals surface area contributed by atoms with Gasteiger partial charge < -0.3 is 19.8 Å². The van der Waals surface area contributed by atoms with Crippen molar-refractivity contribution in [2.45, 2.75) is 84.1 Å². The van der Waals surface area contributed by atoms with Gasteiger partial charge in [-0.1, -0.05) is 13.8 Å². The van der Waals surface area contributed by atoms with Crippen LogP contribution in [0.25, 0.3) is 0 Å². The van der Waals surface area contributed by atoms with Crippen LogP contribution in [-0.4, -0.2) is 36.3 Å². The monoisotopic (exact) mass is 323 g/mol. The van der Waals surface area contributed by atoms with Crippen molar-refractivity contribution < 1.29 is 18.8 Å². The lowest BCUT2D eigenvalue weighted by Gasteiger charge is -2.64. The van der Waals surface area contributed by atoms with Crippen molar-refractivity contribution in [1.82, 2.24) is 0 Å². The second-order valence-corrected chi connectivity index (χ2v) is 9.29. The molecule has 0 spiro atoms. The van der Waals surface area contributed by atoms with E-state index in [0.29, 0.717) is 17.3 Å². The van der Waals surface area contributed by atoms with Crippen LogP contribution in [-0.2, 0) is 18.8 Å². The normalized spacial score (nSPS) is 39.4. The Kier molecular flexibility index (Phi) is 3.90. The smallest absolute Gasteiger partial charge is 0.460 e. The van der Waals surface area contributed by atoms with E-state index < -0.39 is 18.7 Å². The molecule has 23 heavy (non-hydrogen) atoms. The van der Waals surface area contributed by atoms with Gasteiger partial charge in [0.1, 0.15) is 5.60 Å². The zero-order chi connectivity index (χ0) is 17.2. The van der Waals surface area contributed by atoms with Crippen molar-refractivity contribution in [2.24, 2.45) is 23.0 Å². The van der Waals surface area contributed by atoms with E-state index in [4.69, 9.17) is 19.8 Å². The lowest BCUT2D eigenvalue weighted by Crippen LogP contribution is -2.65. The predicted molar refractivity (Wildman–Crippen MR) is 88.5 cm³/mol. The molecule has 0 amide bonds. The van der Waals surface area contributed by atoms with Crippen molar-refractivity contribution >= 4 is 13.1 Å². The molecule has 4 rings (SSSR count). The molecule has 0 aromatic carbocycles. The maximum absolute atomic E-state index is 12.0. The summed E-state index contributed by atoms with van der Waals surface area (Å²) in [4.78, 5) is 12.0. The third kappa shape index (κ3) is 2.83. The molecular weight excluding hydrogens is 293 g/mol. The Morgan fingerprint density at radius 2 is 2.00 bits per heavy atom. The molecule has 4 aliphatic rings. The first-order valence-corrected chi connectivity index (χ1v) is 8.74. The first-order valence-electron chi connectivity index (χ1n) is 8.74. The number of nitrogens with two attached hydrogens (primary N) is 1. The van der Waals surface area contributed by atoms with Gasteiger partial charge in [-0.3, -0.25) is 4.79 Å². The van der Waals surface area contributed by atoms with Gasteiger partial charge in [0.15, 0.2) is 0 Å². The maximum Gasteiger partial charge on any atom is 0.476 e. The van der Waals surface area contributed by atoms with E-state index in [0.717, 1.165) is 6.42 Å². The zero-order valence-corrected chi connectivity index (χ0v) is 15.2. The predicted octanol–water partition coefficient (Wildman–Crippen LogP) is 2.31. The van der Waals surface area contributed by atoms with Crippen LogP contribution in [0.15, 0.2) is 0 Å². The van der Waals surface area contributed by atoms with Crippen LogP contribution in [0.4, 0.5) is 0 Å². The van der Waals surface area contributed by atoms with Gasteiger partial charge in [0.05, 0.1) is 18.1 Å². The molecule has 130 valence electrons. The highest BCUT2D eigenvalue weighted by molar-refractivity contribution is 6.47. The topological polar surface area (TPSA) is 70.8 Å². The summed E-state index contributed by atoms with van der Waals surface area (Å²) in [6.07, 6.45) is 2.43. The van der Waals surface area contributed by atoms with Crippen molar-refractivity contribution in [2.75, 3.05) is 0 Å². The van der Waals surface area contributed by atoms with Gasteiger partial charge in [-0.25, -0.2) is 0 Å². The third-order valence-electron chi connectivity index (χ3n) is 6.14. The van der Waals surface area contributed by atoms with E-state index in [9.17, 15) is 4.79 Å². The molecule has 5 nitrogen and oxygen atoms in total. The Hall–Kier alpha value is -0.585. The van der Waals surface area contributed by atoms with E-state index in [2.05, 4.69) is 20.8 Å². The molecule has 4 fully saturated rings. The van der Waals surface area contributed by atoms with Crippen molar-refractivity contribution in [3.63, 3.8) is 0 Å². The Balaban J connectivity index is 1.62. The fraction of sp³-hybridized carbons (Fsp3) is 0.941. The quantitative estimate of drug-likeness (QED) is 0.637. The van der Waals surface area contributed by atoms with Gasteiger partial charge in [0, 0.05) is 5.94 Å². The average Bonchev–Trinajstić information content (AvgIpc) is 2.72. The lowest BCUT2D eigenvalue weighted by atomic mass is 9.43. The molecule has 0 aromatic rings. The second-order valence-electron chi connectivity index (χ2n) is 9.29. The summed E-state index contributed by atoms with van der Waals surface area (Å²) < 4.78 is 17.7. The average molecular weight is 323 g/mol. The summed E-state index contributed by atoms with van der Waals surface area (Å²) in [7, 11) is -0.521. The number of rotatable bonds is 3. The van der Waals surface area contributed by atoms with Crippen molar-refractivity contribution in [1.29, 1.82) is 0 Å². The van der Waals surface area contributed by atoms with Gasteiger partial charge in [-0.05, 0) is 57.8 Å². The number of ether oxygens (including phenoxy) is 1. The van der Waals surface area contributed by atoms with E-state index in [1.165, 1.54) is 6.42 Å². The molecule has 2 bridgehead atoms. The van der Waals surface area contributed by atoms with E-state index in [1.807, 2.05) is 20.8 Å². The summed E-state index contributed by atoms with van der Waals surface area (Å²) in [6.45, 7) is 12.4. The summed E-state index contributed by atoms with van der Waals surface area (Å²) in [5.74, 6) is 0.405. The standard InChI is InChI=1S/C17H30BNO4/c1-15(2,3)21-14(20)9-13(19)18-22-12-8-10-7-11(16(10,4)5)17(12,6)23-18/h10-13H,7-9,19H2,1-6H3/t10?,11?,12?,13?,17-/m0/s1. The molecule has 0 radical (unpaired) electrons. The highest BCUT2D eigenvalue weighted by Gasteiger charge is 2.68. The van der Waals surface area contributed by atoms with Crippen molar-refractivity contribution in [3.8, 4) is 0 Å². The molecule has 3 aliphatic carbocycles. The third-order valence-corrected chi connectivity index (χ3v) is 6.14. The highest BCUT2D eigenvalue weighted by atomic mass is 16.7. The van der Waals surface area contributed by atoms with Crippen LogP contribution >= 0.6 is 0 Å². The van der Waals surface area contributed by atoms with Gasteiger partial charge in [-0.15, -0.1) is 0 Å². The zero-order valence-electron chi connectivity index (χ0n) is 15.2. The molecule has 4 unspecified atom stereocenters. The fourth-order valence-electron chi connectivity index (χ4n) is 4.75. The number of carbonyl (C=O) groups excluding carboxylic acids is 1. The van der Waals surface area contributed by atoms with E-state index in [1.54, 1.807) is 0 Å². The maximum atomic E-state index is 12.0. The summed E-state index contributed by atoms with van der Waals surface area (Å²) >= 11 is 0. The Morgan fingerprint density at radius 1 is 1.35 bits per heavy atom. The largest absolute Gasteiger partial charge is 0.476 e. The van der Waals surface area contributed by atoms with Crippen LogP contribution in [0.2, 0.25) is 0 Å². The Morgan fingerprint density at radius 3 is 2.57 bits per heavy atom. The highest BCUT2D eigenvalue weighted by Crippen LogP contribution is 2.65. The summed E-state index contributed by atoms with van der Waals surface area (Å²) in [5, 5.41) is 0. The van der Waals surface area contributed by atoms with E-state index in [-0.39, 0.29) is 24.1 Å². The van der Waals surface area contributed by atoms with Crippen LogP contribution in [0, 0.1) is 17.3 Å². The van der Waals surface area contributed by atoms with Gasteiger partial charge in [0.2, 0.25) is 0 Å². The van der Waals surface area contributed by atoms with Crippen molar-refractivity contribution in [3.05, 3.63) is 0 Å². The lowest BCUT2D eigenvalue weighted by molar-refractivity contribution is -0.199. The van der Waals surface area contributed by atoms with Crippen LogP contribution in [0.3, 0.4) is 0 Å². The van der Waals surface area contributed by atoms with Crippen LogP contribution in [0.1, 0.15) is 60.8 Å². The number of hydrogen-bond acceptors (Lipinski definition) is 5. The molecule has 5 atom stereocenters. The van der Waals surface area contributed by atoms with Gasteiger partial charge in [0.25, 0.3) is 0 Å². The minimum absolute atomic E-state index is 0.0916. The number of esters is 1. The molecule has 1 aliphatic heterocycles. The fourth-order valence-corrected chi connectivity index (χ4v) is 4.75. The summed E-state index contributed by atoms with van der Waals surface area (Å²) in [5.41, 5.74) is 5.71. The molecule has 2 N–H and O–H groups in total. The number of hydrogen-bond donors (Lipinski definition) is 1. The minimum Gasteiger partial charge on any atom is -0.460 e. The summed E-state index contributed by atoms with van der Waals surface area (Å²) in [6, 6.07) is 0. The van der Waals surface area contributed by atoms with Gasteiger partial charge in [-0.2, -0.15) is 0 Å². The molecule has 1 heterocycles. The van der Waals surface area contributed by atoms with Crippen LogP contribution in [0.5, 0.6) is 0 Å². The first-order chi connectivity index (χ1) is 10.4. The van der Waals surface area contributed by atoms with Gasteiger partial charge >= 0.3 is 13.1 Å². The second kappa shape index (κ2) is 5.20. The van der Waals surface area contributed by atoms with Crippen LogP contribution < -0.4 is 5.73 Å². The molecule has 0 aromatic heterocycles.